The molecule has 0 atom stereocenters. The van der Waals surface area contributed by atoms with E-state index in [1.165, 1.54) is 23.9 Å². The van der Waals surface area contributed by atoms with Crippen LogP contribution in [0.4, 0.5) is 4.39 Å². The van der Waals surface area contributed by atoms with E-state index in [4.69, 9.17) is 5.26 Å². The van der Waals surface area contributed by atoms with Crippen molar-refractivity contribution in [1.82, 2.24) is 4.57 Å². The first-order valence-electron chi connectivity index (χ1n) is 7.52. The van der Waals surface area contributed by atoms with E-state index in [2.05, 4.69) is 44.5 Å². The van der Waals surface area contributed by atoms with Crippen molar-refractivity contribution in [3.05, 3.63) is 53.6 Å². The van der Waals surface area contributed by atoms with Crippen molar-refractivity contribution in [1.29, 1.82) is 5.26 Å². The molecule has 3 heteroatoms. The maximum absolute atomic E-state index is 13.2. The summed E-state index contributed by atoms with van der Waals surface area (Å²) in [5.74, 6) is 0.0835. The third-order valence-electron chi connectivity index (χ3n) is 3.70. The highest BCUT2D eigenvalue weighted by atomic mass is 19.1. The molecule has 2 nitrogen and oxygen atoms in total. The summed E-state index contributed by atoms with van der Waals surface area (Å²) in [6.07, 6.45) is 5.45. The Morgan fingerprint density at radius 3 is 2.27 bits per heavy atom. The Morgan fingerprint density at radius 1 is 1.14 bits per heavy atom. The smallest absolute Gasteiger partial charge is 0.123 e. The van der Waals surface area contributed by atoms with Crippen LogP contribution in [0.5, 0.6) is 0 Å². The molecule has 0 saturated heterocycles. The van der Waals surface area contributed by atoms with Gasteiger partial charge in [-0.05, 0) is 43.5 Å². The second kappa shape index (κ2) is 6.62. The van der Waals surface area contributed by atoms with Gasteiger partial charge in [-0.25, -0.2) is 4.39 Å². The molecule has 1 aromatic heterocycles. The van der Waals surface area contributed by atoms with Crippen LogP contribution >= 0.6 is 0 Å². The quantitative estimate of drug-likeness (QED) is 0.681. The van der Waals surface area contributed by atoms with Crippen molar-refractivity contribution >= 4 is 6.08 Å². The Morgan fingerprint density at radius 2 is 1.77 bits per heavy atom. The average molecular weight is 296 g/mol. The van der Waals surface area contributed by atoms with Crippen molar-refractivity contribution in [2.45, 2.75) is 39.7 Å². The number of nitriles is 1. The molecule has 0 bridgehead atoms. The highest BCUT2D eigenvalue weighted by Crippen LogP contribution is 2.35. The van der Waals surface area contributed by atoms with Gasteiger partial charge in [-0.1, -0.05) is 26.0 Å². The largest absolute Gasteiger partial charge is 0.347 e. The number of allylic oxidation sites excluding steroid dienone is 1. The van der Waals surface area contributed by atoms with Crippen LogP contribution in [0.1, 0.15) is 50.9 Å². The van der Waals surface area contributed by atoms with Gasteiger partial charge in [0.15, 0.2) is 0 Å². The Labute approximate surface area is 131 Å². The van der Waals surface area contributed by atoms with Gasteiger partial charge >= 0.3 is 0 Å². The standard InChI is InChI=1S/C19H21FN2/c1-13(2)19-17(6-5-11-21)18(12-22(19)14(3)4)15-7-9-16(20)10-8-15/h5-10,12-14H,1-4H3/b6-5+. The first-order valence-corrected chi connectivity index (χ1v) is 7.52. The lowest BCUT2D eigenvalue weighted by Gasteiger charge is -2.16. The number of rotatable bonds is 4. The molecule has 0 spiro atoms. The van der Waals surface area contributed by atoms with Gasteiger partial charge < -0.3 is 4.57 Å². The maximum atomic E-state index is 13.2. The summed E-state index contributed by atoms with van der Waals surface area (Å²) in [5, 5.41) is 8.88. The van der Waals surface area contributed by atoms with Crippen molar-refractivity contribution in [3.8, 4) is 17.2 Å². The van der Waals surface area contributed by atoms with Gasteiger partial charge in [-0.3, -0.25) is 0 Å². The lowest BCUT2D eigenvalue weighted by atomic mass is 9.98. The molecule has 114 valence electrons. The Balaban J connectivity index is 2.72. The molecule has 0 aliphatic heterocycles. The molecule has 0 aliphatic carbocycles. The molecule has 0 fully saturated rings. The summed E-state index contributed by atoms with van der Waals surface area (Å²) in [6.45, 7) is 8.56. The van der Waals surface area contributed by atoms with E-state index in [-0.39, 0.29) is 5.82 Å². The van der Waals surface area contributed by atoms with Gasteiger partial charge in [0.1, 0.15) is 5.82 Å². The summed E-state index contributed by atoms with van der Waals surface area (Å²) in [6, 6.07) is 8.88. The van der Waals surface area contributed by atoms with Crippen LogP contribution in [0.2, 0.25) is 0 Å². The molecule has 0 saturated carbocycles. The lowest BCUT2D eigenvalue weighted by molar-refractivity contribution is 0.560. The fourth-order valence-corrected chi connectivity index (χ4v) is 2.75. The highest BCUT2D eigenvalue weighted by molar-refractivity contribution is 5.78. The molecule has 1 aromatic carbocycles. The molecule has 0 aliphatic rings. The minimum Gasteiger partial charge on any atom is -0.347 e. The molecule has 0 N–H and O–H groups in total. The predicted molar refractivity (Wildman–Crippen MR) is 88.9 cm³/mol. The maximum Gasteiger partial charge on any atom is 0.123 e. The van der Waals surface area contributed by atoms with E-state index in [1.807, 2.05) is 6.08 Å². The normalized spacial score (nSPS) is 11.5. The van der Waals surface area contributed by atoms with E-state index in [9.17, 15) is 4.39 Å². The predicted octanol–water partition coefficient (Wildman–Crippen LogP) is 5.54. The number of halogens is 1. The number of benzene rings is 1. The van der Waals surface area contributed by atoms with Crippen molar-refractivity contribution < 1.29 is 4.39 Å². The van der Waals surface area contributed by atoms with Gasteiger partial charge in [0.25, 0.3) is 0 Å². The summed E-state index contributed by atoms with van der Waals surface area (Å²) in [5.41, 5.74) is 4.22. The van der Waals surface area contributed by atoms with E-state index < -0.39 is 0 Å². The first kappa shape index (κ1) is 16.0. The highest BCUT2D eigenvalue weighted by Gasteiger charge is 2.19. The molecule has 2 aromatic rings. The summed E-state index contributed by atoms with van der Waals surface area (Å²) >= 11 is 0. The van der Waals surface area contributed by atoms with Crippen LogP contribution in [-0.4, -0.2) is 4.57 Å². The zero-order valence-corrected chi connectivity index (χ0v) is 13.5. The number of aromatic nitrogens is 1. The molecule has 0 radical (unpaired) electrons. The molecule has 1 heterocycles. The van der Waals surface area contributed by atoms with Gasteiger partial charge in [0.05, 0.1) is 6.07 Å². The third-order valence-corrected chi connectivity index (χ3v) is 3.70. The van der Waals surface area contributed by atoms with Gasteiger partial charge in [-0.15, -0.1) is 0 Å². The minimum absolute atomic E-state index is 0.245. The van der Waals surface area contributed by atoms with Gasteiger partial charge in [0.2, 0.25) is 0 Å². The average Bonchev–Trinajstić information content (AvgIpc) is 2.85. The summed E-state index contributed by atoms with van der Waals surface area (Å²) in [4.78, 5) is 0. The van der Waals surface area contributed by atoms with Crippen LogP contribution in [-0.2, 0) is 0 Å². The van der Waals surface area contributed by atoms with E-state index in [1.54, 1.807) is 12.1 Å². The van der Waals surface area contributed by atoms with Crippen molar-refractivity contribution in [2.24, 2.45) is 0 Å². The van der Waals surface area contributed by atoms with E-state index in [0.717, 1.165) is 16.7 Å². The van der Waals surface area contributed by atoms with Crippen molar-refractivity contribution in [2.75, 3.05) is 0 Å². The zero-order chi connectivity index (χ0) is 16.3. The van der Waals surface area contributed by atoms with Crippen molar-refractivity contribution in [3.63, 3.8) is 0 Å². The van der Waals surface area contributed by atoms with Crippen LogP contribution < -0.4 is 0 Å². The topological polar surface area (TPSA) is 28.7 Å². The van der Waals surface area contributed by atoms with Gasteiger partial charge in [-0.2, -0.15) is 5.26 Å². The fourth-order valence-electron chi connectivity index (χ4n) is 2.75. The Bertz CT molecular complexity index is 713. The second-order valence-corrected chi connectivity index (χ2v) is 5.97. The summed E-state index contributed by atoms with van der Waals surface area (Å²) in [7, 11) is 0. The van der Waals surface area contributed by atoms with Gasteiger partial charge in [0, 0.05) is 35.1 Å². The monoisotopic (exact) mass is 296 g/mol. The molecule has 0 amide bonds. The first-order chi connectivity index (χ1) is 10.5. The van der Waals surface area contributed by atoms with E-state index >= 15 is 0 Å². The van der Waals surface area contributed by atoms with Crippen LogP contribution in [0.25, 0.3) is 17.2 Å². The second-order valence-electron chi connectivity index (χ2n) is 5.97. The molecule has 2 rings (SSSR count). The third kappa shape index (κ3) is 3.12. The van der Waals surface area contributed by atoms with E-state index in [0.29, 0.717) is 12.0 Å². The minimum atomic E-state index is -0.245. The molecular weight excluding hydrogens is 275 g/mol. The van der Waals surface area contributed by atoms with Crippen LogP contribution in [0, 0.1) is 17.1 Å². The number of hydrogen-bond donors (Lipinski definition) is 0. The Kier molecular flexibility index (Phi) is 4.82. The number of hydrogen-bond acceptors (Lipinski definition) is 1. The van der Waals surface area contributed by atoms with Crippen LogP contribution in [0.3, 0.4) is 0 Å². The molecule has 22 heavy (non-hydrogen) atoms. The number of nitrogens with zero attached hydrogens (tertiary/aromatic N) is 2. The molecule has 0 unspecified atom stereocenters. The SMILES string of the molecule is CC(C)c1c(/C=C/C#N)c(-c2ccc(F)cc2)cn1C(C)C. The zero-order valence-electron chi connectivity index (χ0n) is 13.5. The Hall–Kier alpha value is -2.34. The fraction of sp³-hybridized carbons (Fsp3) is 0.316. The van der Waals surface area contributed by atoms with Crippen LogP contribution in [0.15, 0.2) is 36.5 Å². The lowest BCUT2D eigenvalue weighted by Crippen LogP contribution is -2.06. The summed E-state index contributed by atoms with van der Waals surface area (Å²) < 4.78 is 15.4. The molecular formula is C19H21FN2.